The van der Waals surface area contributed by atoms with Crippen LogP contribution in [0.25, 0.3) is 28.3 Å². The van der Waals surface area contributed by atoms with E-state index in [1.165, 1.54) is 36.0 Å². The standard InChI is InChI=1S/C32H39NO2/c1-4-6-10-24-34-26(3)11-8-7-9-12-27-13-15-28(16-14-27)29-17-19-30(20-18-29)31-21-22-32(33-25-31)35-23-5-2/h5,9,12-22,25-26H,2,4,6-8,10-11,23-24H2,1,3H3. The van der Waals surface area contributed by atoms with Gasteiger partial charge in [0.15, 0.2) is 0 Å². The Balaban J connectivity index is 1.45. The van der Waals surface area contributed by atoms with Gasteiger partial charge in [0, 0.05) is 24.4 Å². The normalized spacial score (nSPS) is 12.1. The highest BCUT2D eigenvalue weighted by Gasteiger charge is 2.03. The first-order valence-corrected chi connectivity index (χ1v) is 12.9. The van der Waals surface area contributed by atoms with Gasteiger partial charge in [0.25, 0.3) is 0 Å². The molecule has 0 amide bonds. The fraction of sp³-hybridized carbons (Fsp3) is 0.344. The molecule has 0 aliphatic rings. The number of benzene rings is 2. The van der Waals surface area contributed by atoms with Crippen LogP contribution in [0.3, 0.4) is 0 Å². The minimum atomic E-state index is 0.359. The molecule has 1 aromatic heterocycles. The van der Waals surface area contributed by atoms with E-state index in [4.69, 9.17) is 9.47 Å². The van der Waals surface area contributed by atoms with Crippen molar-refractivity contribution >= 4 is 6.08 Å². The maximum atomic E-state index is 5.88. The second kappa shape index (κ2) is 15.0. The van der Waals surface area contributed by atoms with Crippen LogP contribution in [-0.4, -0.2) is 24.3 Å². The molecule has 0 bridgehead atoms. The van der Waals surface area contributed by atoms with Crippen molar-refractivity contribution in [2.45, 2.75) is 58.5 Å². The summed E-state index contributed by atoms with van der Waals surface area (Å²) in [5, 5.41) is 0. The first-order chi connectivity index (χ1) is 17.2. The smallest absolute Gasteiger partial charge is 0.213 e. The highest BCUT2D eigenvalue weighted by Crippen LogP contribution is 2.26. The molecule has 0 saturated carbocycles. The Labute approximate surface area is 211 Å². The zero-order valence-corrected chi connectivity index (χ0v) is 21.3. The van der Waals surface area contributed by atoms with Crippen molar-refractivity contribution < 1.29 is 9.47 Å². The first kappa shape index (κ1) is 26.4. The van der Waals surface area contributed by atoms with Crippen LogP contribution in [-0.2, 0) is 4.74 Å². The Morgan fingerprint density at radius 3 is 2.14 bits per heavy atom. The summed E-state index contributed by atoms with van der Waals surface area (Å²) in [6, 6.07) is 21.3. The molecule has 3 nitrogen and oxygen atoms in total. The Kier molecular flexibility index (Phi) is 11.3. The molecule has 0 fully saturated rings. The van der Waals surface area contributed by atoms with Gasteiger partial charge in [-0.15, -0.1) is 0 Å². The van der Waals surface area contributed by atoms with Gasteiger partial charge in [0.1, 0.15) is 6.61 Å². The van der Waals surface area contributed by atoms with Crippen molar-refractivity contribution in [2.24, 2.45) is 0 Å². The minimum absolute atomic E-state index is 0.359. The molecular weight excluding hydrogens is 430 g/mol. The van der Waals surface area contributed by atoms with Crippen LogP contribution in [0.1, 0.15) is 57.9 Å². The van der Waals surface area contributed by atoms with E-state index in [1.54, 1.807) is 6.08 Å². The van der Waals surface area contributed by atoms with Crippen LogP contribution in [0.5, 0.6) is 5.88 Å². The molecule has 1 heterocycles. The van der Waals surface area contributed by atoms with Gasteiger partial charge in [0.05, 0.1) is 6.10 Å². The summed E-state index contributed by atoms with van der Waals surface area (Å²) in [4.78, 5) is 4.36. The Morgan fingerprint density at radius 1 is 0.857 bits per heavy atom. The summed E-state index contributed by atoms with van der Waals surface area (Å²) in [6.07, 6.45) is 15.5. The van der Waals surface area contributed by atoms with Crippen LogP contribution in [0.4, 0.5) is 0 Å². The van der Waals surface area contributed by atoms with Crippen LogP contribution in [0.15, 0.2) is 85.6 Å². The van der Waals surface area contributed by atoms with Crippen LogP contribution >= 0.6 is 0 Å². The zero-order valence-electron chi connectivity index (χ0n) is 21.3. The lowest BCUT2D eigenvalue weighted by Crippen LogP contribution is -2.08. The number of allylic oxidation sites excluding steroid dienone is 1. The Morgan fingerprint density at radius 2 is 1.51 bits per heavy atom. The van der Waals surface area contributed by atoms with E-state index in [1.807, 2.05) is 18.3 Å². The van der Waals surface area contributed by atoms with Crippen molar-refractivity contribution in [1.29, 1.82) is 0 Å². The van der Waals surface area contributed by atoms with Gasteiger partial charge in [-0.2, -0.15) is 0 Å². The summed E-state index contributed by atoms with van der Waals surface area (Å²) in [7, 11) is 0. The number of pyridine rings is 1. The molecular formula is C32H39NO2. The van der Waals surface area contributed by atoms with E-state index >= 15 is 0 Å². The fourth-order valence-electron chi connectivity index (χ4n) is 3.89. The van der Waals surface area contributed by atoms with Gasteiger partial charge in [0.2, 0.25) is 5.88 Å². The molecule has 3 heteroatoms. The van der Waals surface area contributed by atoms with Gasteiger partial charge in [-0.3, -0.25) is 0 Å². The number of ether oxygens (including phenoxy) is 2. The van der Waals surface area contributed by atoms with E-state index in [0.717, 1.165) is 37.0 Å². The largest absolute Gasteiger partial charge is 0.473 e. The van der Waals surface area contributed by atoms with Gasteiger partial charge < -0.3 is 9.47 Å². The quantitative estimate of drug-likeness (QED) is 0.165. The summed E-state index contributed by atoms with van der Waals surface area (Å²) >= 11 is 0. The van der Waals surface area contributed by atoms with Gasteiger partial charge >= 0.3 is 0 Å². The van der Waals surface area contributed by atoms with Crippen molar-refractivity contribution in [3.05, 3.63) is 91.2 Å². The molecule has 0 saturated heterocycles. The molecule has 0 aliphatic heterocycles. The van der Waals surface area contributed by atoms with Crippen molar-refractivity contribution in [3.63, 3.8) is 0 Å². The van der Waals surface area contributed by atoms with Gasteiger partial charge in [-0.1, -0.05) is 93.1 Å². The number of hydrogen-bond donors (Lipinski definition) is 0. The van der Waals surface area contributed by atoms with E-state index in [0.29, 0.717) is 18.6 Å². The molecule has 3 aromatic rings. The van der Waals surface area contributed by atoms with Crippen molar-refractivity contribution in [3.8, 4) is 28.1 Å². The lowest BCUT2D eigenvalue weighted by molar-refractivity contribution is 0.0566. The average molecular weight is 470 g/mol. The molecule has 184 valence electrons. The lowest BCUT2D eigenvalue weighted by atomic mass is 10.00. The Hall–Kier alpha value is -3.17. The van der Waals surface area contributed by atoms with E-state index in [9.17, 15) is 0 Å². The third-order valence-corrected chi connectivity index (χ3v) is 5.99. The number of aromatic nitrogens is 1. The van der Waals surface area contributed by atoms with E-state index in [-0.39, 0.29) is 0 Å². The SMILES string of the molecule is C=CCOc1ccc(-c2ccc(-c3ccc(C=CCCCC(C)OCCCCC)cc3)cc2)cn1. The number of unbranched alkanes of at least 4 members (excludes halogenated alkanes) is 3. The number of rotatable bonds is 15. The van der Waals surface area contributed by atoms with Crippen molar-refractivity contribution in [1.82, 2.24) is 4.98 Å². The molecule has 35 heavy (non-hydrogen) atoms. The maximum absolute atomic E-state index is 5.88. The second-order valence-corrected chi connectivity index (χ2v) is 8.91. The van der Waals surface area contributed by atoms with Gasteiger partial charge in [-0.25, -0.2) is 4.98 Å². The maximum Gasteiger partial charge on any atom is 0.213 e. The topological polar surface area (TPSA) is 31.4 Å². The third-order valence-electron chi connectivity index (χ3n) is 5.99. The number of nitrogens with zero attached hydrogens (tertiary/aromatic N) is 1. The van der Waals surface area contributed by atoms with Crippen LogP contribution in [0, 0.1) is 0 Å². The third kappa shape index (κ3) is 9.18. The minimum Gasteiger partial charge on any atom is -0.473 e. The van der Waals surface area contributed by atoms with E-state index in [2.05, 4.69) is 86.1 Å². The summed E-state index contributed by atoms with van der Waals surface area (Å²) < 4.78 is 11.3. The molecule has 0 radical (unpaired) electrons. The highest BCUT2D eigenvalue weighted by atomic mass is 16.5. The average Bonchev–Trinajstić information content (AvgIpc) is 2.90. The zero-order chi connectivity index (χ0) is 24.7. The van der Waals surface area contributed by atoms with E-state index < -0.39 is 0 Å². The molecule has 1 atom stereocenters. The molecule has 3 rings (SSSR count). The molecule has 1 unspecified atom stereocenters. The predicted octanol–water partition coefficient (Wildman–Crippen LogP) is 8.76. The predicted molar refractivity (Wildman–Crippen MR) is 149 cm³/mol. The lowest BCUT2D eigenvalue weighted by Gasteiger charge is -2.12. The van der Waals surface area contributed by atoms with Crippen LogP contribution in [0.2, 0.25) is 0 Å². The fourth-order valence-corrected chi connectivity index (χ4v) is 3.89. The van der Waals surface area contributed by atoms with Crippen LogP contribution < -0.4 is 4.74 Å². The summed E-state index contributed by atoms with van der Waals surface area (Å²) in [6.45, 7) is 9.43. The molecule has 0 aliphatic carbocycles. The highest BCUT2D eigenvalue weighted by molar-refractivity contribution is 5.71. The monoisotopic (exact) mass is 469 g/mol. The Bertz CT molecular complexity index is 1020. The molecule has 0 N–H and O–H groups in total. The number of hydrogen-bond acceptors (Lipinski definition) is 3. The first-order valence-electron chi connectivity index (χ1n) is 12.9. The summed E-state index contributed by atoms with van der Waals surface area (Å²) in [5.74, 6) is 0.612. The second-order valence-electron chi connectivity index (χ2n) is 8.91. The molecule has 2 aromatic carbocycles. The van der Waals surface area contributed by atoms with Crippen molar-refractivity contribution in [2.75, 3.05) is 13.2 Å². The molecule has 0 spiro atoms. The van der Waals surface area contributed by atoms with Gasteiger partial charge in [-0.05, 0) is 60.9 Å². The summed E-state index contributed by atoms with van der Waals surface area (Å²) in [5.41, 5.74) is 5.86.